The van der Waals surface area contributed by atoms with E-state index < -0.39 is 0 Å². The van der Waals surface area contributed by atoms with Crippen molar-refractivity contribution in [3.05, 3.63) is 35.9 Å². The molecule has 4 nitrogen and oxygen atoms in total. The smallest absolute Gasteiger partial charge is 0.153 e. The number of hydrogen-bond donors (Lipinski definition) is 3. The Morgan fingerprint density at radius 1 is 1.36 bits per heavy atom. The van der Waals surface area contributed by atoms with Gasteiger partial charge >= 0.3 is 0 Å². The summed E-state index contributed by atoms with van der Waals surface area (Å²) < 4.78 is 0. The molecule has 0 radical (unpaired) electrons. The van der Waals surface area contributed by atoms with Crippen molar-refractivity contribution in [2.45, 2.75) is 6.42 Å². The molecule has 0 spiro atoms. The Morgan fingerprint density at radius 2 is 2.07 bits per heavy atom. The number of amidine groups is 1. The Kier molecular flexibility index (Phi) is 4.50. The van der Waals surface area contributed by atoms with Gasteiger partial charge in [-0.05, 0) is 18.5 Å². The Morgan fingerprint density at radius 3 is 2.71 bits per heavy atom. The second kappa shape index (κ2) is 5.99. The van der Waals surface area contributed by atoms with Crippen LogP contribution in [-0.2, 0) is 6.42 Å². The van der Waals surface area contributed by atoms with Crippen LogP contribution in [0.1, 0.15) is 5.56 Å². The molecule has 0 fully saturated rings. The zero-order valence-corrected chi connectivity index (χ0v) is 7.98. The minimum absolute atomic E-state index is 0.207. The zero-order valence-electron chi connectivity index (χ0n) is 7.98. The van der Waals surface area contributed by atoms with Gasteiger partial charge in [0.2, 0.25) is 0 Å². The van der Waals surface area contributed by atoms with Gasteiger partial charge in [0, 0.05) is 0 Å². The second-order valence-corrected chi connectivity index (χ2v) is 3.00. The highest BCUT2D eigenvalue weighted by molar-refractivity contribution is 5.81. The van der Waals surface area contributed by atoms with Crippen LogP contribution in [0, 0.1) is 0 Å². The maximum atomic E-state index is 8.27. The summed E-state index contributed by atoms with van der Waals surface area (Å²) in [7, 11) is 0. The number of oxime groups is 1. The van der Waals surface area contributed by atoms with Crippen molar-refractivity contribution in [1.29, 1.82) is 0 Å². The minimum Gasteiger partial charge on any atom is -0.409 e. The van der Waals surface area contributed by atoms with Crippen molar-refractivity contribution in [2.75, 3.05) is 13.1 Å². The lowest BCUT2D eigenvalue weighted by Gasteiger charge is -2.03. The predicted molar refractivity (Wildman–Crippen MR) is 56.4 cm³/mol. The molecule has 76 valence electrons. The van der Waals surface area contributed by atoms with Gasteiger partial charge in [0.05, 0.1) is 6.54 Å². The van der Waals surface area contributed by atoms with Crippen LogP contribution in [0.15, 0.2) is 35.5 Å². The Balaban J connectivity index is 2.17. The average Bonchev–Trinajstić information content (AvgIpc) is 2.25. The van der Waals surface area contributed by atoms with Crippen LogP contribution < -0.4 is 11.1 Å². The SMILES string of the molecule is NC(CNCCc1ccccc1)=NO. The van der Waals surface area contributed by atoms with E-state index in [9.17, 15) is 0 Å². The second-order valence-electron chi connectivity index (χ2n) is 3.00. The van der Waals surface area contributed by atoms with E-state index in [1.807, 2.05) is 18.2 Å². The molecule has 0 aliphatic rings. The number of nitrogens with two attached hydrogens (primary N) is 1. The summed E-state index contributed by atoms with van der Waals surface area (Å²) in [6.07, 6.45) is 0.944. The zero-order chi connectivity index (χ0) is 10.2. The standard InChI is InChI=1S/C10H15N3O/c11-10(13-14)8-12-7-6-9-4-2-1-3-5-9/h1-5,12,14H,6-8H2,(H2,11,13). The van der Waals surface area contributed by atoms with Gasteiger partial charge in [-0.2, -0.15) is 0 Å². The number of benzene rings is 1. The van der Waals surface area contributed by atoms with E-state index in [1.54, 1.807) is 0 Å². The van der Waals surface area contributed by atoms with Crippen LogP contribution in [0.5, 0.6) is 0 Å². The molecule has 0 heterocycles. The third-order valence-corrected chi connectivity index (χ3v) is 1.87. The fourth-order valence-electron chi connectivity index (χ4n) is 1.13. The predicted octanol–water partition coefficient (Wildman–Crippen LogP) is 0.565. The largest absolute Gasteiger partial charge is 0.409 e. The molecule has 0 bridgehead atoms. The number of hydrogen-bond acceptors (Lipinski definition) is 3. The molecule has 4 heteroatoms. The number of nitrogens with zero attached hydrogens (tertiary/aromatic N) is 1. The van der Waals surface area contributed by atoms with Crippen LogP contribution in [0.3, 0.4) is 0 Å². The third-order valence-electron chi connectivity index (χ3n) is 1.87. The topological polar surface area (TPSA) is 70.6 Å². The Hall–Kier alpha value is -1.55. The van der Waals surface area contributed by atoms with Gasteiger partial charge in [-0.15, -0.1) is 0 Å². The minimum atomic E-state index is 0.207. The molecule has 4 N–H and O–H groups in total. The molecule has 0 saturated carbocycles. The first-order chi connectivity index (χ1) is 6.83. The van der Waals surface area contributed by atoms with E-state index in [2.05, 4.69) is 22.6 Å². The molecule has 0 saturated heterocycles. The lowest BCUT2D eigenvalue weighted by atomic mass is 10.1. The monoisotopic (exact) mass is 193 g/mol. The molecule has 0 atom stereocenters. The maximum Gasteiger partial charge on any atom is 0.153 e. The van der Waals surface area contributed by atoms with E-state index >= 15 is 0 Å². The third kappa shape index (κ3) is 3.91. The van der Waals surface area contributed by atoms with Gasteiger partial charge in [0.1, 0.15) is 0 Å². The van der Waals surface area contributed by atoms with E-state index in [4.69, 9.17) is 10.9 Å². The molecule has 0 amide bonds. The summed E-state index contributed by atoms with van der Waals surface area (Å²) >= 11 is 0. The van der Waals surface area contributed by atoms with Gasteiger partial charge in [-0.3, -0.25) is 0 Å². The number of rotatable bonds is 5. The van der Waals surface area contributed by atoms with Crippen molar-refractivity contribution >= 4 is 5.84 Å². The summed E-state index contributed by atoms with van der Waals surface area (Å²) in [5, 5.41) is 14.2. The van der Waals surface area contributed by atoms with Crippen LogP contribution in [0.4, 0.5) is 0 Å². The van der Waals surface area contributed by atoms with Crippen molar-refractivity contribution in [2.24, 2.45) is 10.9 Å². The first kappa shape index (κ1) is 10.5. The quantitative estimate of drug-likeness (QED) is 0.210. The molecule has 1 rings (SSSR count). The summed E-state index contributed by atoms with van der Waals surface area (Å²) in [5.74, 6) is 0.207. The molecule has 0 unspecified atom stereocenters. The van der Waals surface area contributed by atoms with Crippen molar-refractivity contribution in [3.63, 3.8) is 0 Å². The first-order valence-corrected chi connectivity index (χ1v) is 4.54. The highest BCUT2D eigenvalue weighted by atomic mass is 16.4. The summed E-state index contributed by atoms with van der Waals surface area (Å²) in [6.45, 7) is 1.24. The highest BCUT2D eigenvalue weighted by Gasteiger charge is 1.93. The normalized spacial score (nSPS) is 11.6. The molecule has 14 heavy (non-hydrogen) atoms. The molecule has 1 aromatic carbocycles. The fourth-order valence-corrected chi connectivity index (χ4v) is 1.13. The average molecular weight is 193 g/mol. The highest BCUT2D eigenvalue weighted by Crippen LogP contribution is 1.97. The van der Waals surface area contributed by atoms with Crippen LogP contribution in [-0.4, -0.2) is 24.1 Å². The lowest BCUT2D eigenvalue weighted by Crippen LogP contribution is -2.30. The summed E-state index contributed by atoms with van der Waals surface area (Å²) in [5.41, 5.74) is 6.57. The first-order valence-electron chi connectivity index (χ1n) is 4.54. The van der Waals surface area contributed by atoms with E-state index in [0.29, 0.717) is 6.54 Å². The van der Waals surface area contributed by atoms with E-state index in [0.717, 1.165) is 13.0 Å². The summed E-state index contributed by atoms with van der Waals surface area (Å²) in [6, 6.07) is 10.2. The van der Waals surface area contributed by atoms with Crippen LogP contribution >= 0.6 is 0 Å². The van der Waals surface area contributed by atoms with Crippen molar-refractivity contribution in [3.8, 4) is 0 Å². The molecule has 0 aliphatic carbocycles. The Bertz CT molecular complexity index is 285. The van der Waals surface area contributed by atoms with Gasteiger partial charge in [-0.25, -0.2) is 0 Å². The van der Waals surface area contributed by atoms with Crippen molar-refractivity contribution in [1.82, 2.24) is 5.32 Å². The van der Waals surface area contributed by atoms with Gasteiger partial charge in [0.25, 0.3) is 0 Å². The molecule has 0 aromatic heterocycles. The fraction of sp³-hybridized carbons (Fsp3) is 0.300. The maximum absolute atomic E-state index is 8.27. The summed E-state index contributed by atoms with van der Waals surface area (Å²) in [4.78, 5) is 0. The van der Waals surface area contributed by atoms with Gasteiger partial charge in [0.15, 0.2) is 5.84 Å². The Labute approximate surface area is 83.4 Å². The van der Waals surface area contributed by atoms with Gasteiger partial charge < -0.3 is 16.3 Å². The lowest BCUT2D eigenvalue weighted by molar-refractivity contribution is 0.317. The van der Waals surface area contributed by atoms with Crippen molar-refractivity contribution < 1.29 is 5.21 Å². The van der Waals surface area contributed by atoms with Gasteiger partial charge in [-0.1, -0.05) is 35.5 Å². The molecule has 0 aliphatic heterocycles. The number of nitrogens with one attached hydrogen (secondary N) is 1. The van der Waals surface area contributed by atoms with E-state index in [1.165, 1.54) is 5.56 Å². The van der Waals surface area contributed by atoms with Crippen LogP contribution in [0.25, 0.3) is 0 Å². The molecular formula is C10H15N3O. The van der Waals surface area contributed by atoms with E-state index in [-0.39, 0.29) is 5.84 Å². The van der Waals surface area contributed by atoms with Crippen LogP contribution in [0.2, 0.25) is 0 Å². The molecule has 1 aromatic rings. The molecular weight excluding hydrogens is 178 g/mol.